The SMILES string of the molecule is CC(=O)c1cc[c-]cc1C.[Y]. The van der Waals surface area contributed by atoms with E-state index in [4.69, 9.17) is 0 Å². The van der Waals surface area contributed by atoms with E-state index in [0.29, 0.717) is 0 Å². The zero-order valence-electron chi connectivity index (χ0n) is 6.72. The van der Waals surface area contributed by atoms with Crippen LogP contribution in [0.4, 0.5) is 0 Å². The van der Waals surface area contributed by atoms with Crippen molar-refractivity contribution in [3.05, 3.63) is 35.4 Å². The summed E-state index contributed by atoms with van der Waals surface area (Å²) in [7, 11) is 0. The Labute approximate surface area is 92.1 Å². The number of hydrogen-bond donors (Lipinski definition) is 0. The predicted octanol–water partition coefficient (Wildman–Crippen LogP) is 2.00. The molecule has 1 nitrogen and oxygen atoms in total. The molecule has 0 heterocycles. The van der Waals surface area contributed by atoms with Crippen molar-refractivity contribution in [2.24, 2.45) is 0 Å². The molecule has 2 heteroatoms. The Hall–Kier alpha value is -0.00610. The number of benzene rings is 1. The molecule has 0 saturated heterocycles. The minimum atomic E-state index is 0. The van der Waals surface area contributed by atoms with Crippen molar-refractivity contribution in [2.75, 3.05) is 0 Å². The van der Waals surface area contributed by atoms with Crippen molar-refractivity contribution >= 4 is 5.78 Å². The van der Waals surface area contributed by atoms with Gasteiger partial charge >= 0.3 is 0 Å². The molecule has 0 amide bonds. The molecule has 0 aliphatic heterocycles. The van der Waals surface area contributed by atoms with Crippen LogP contribution in [-0.4, -0.2) is 5.78 Å². The van der Waals surface area contributed by atoms with Crippen LogP contribution in [0.2, 0.25) is 0 Å². The Morgan fingerprint density at radius 3 is 2.55 bits per heavy atom. The third-order valence-electron chi connectivity index (χ3n) is 1.45. The molecule has 0 fully saturated rings. The number of rotatable bonds is 1. The van der Waals surface area contributed by atoms with E-state index in [1.54, 1.807) is 19.1 Å². The van der Waals surface area contributed by atoms with E-state index in [2.05, 4.69) is 6.07 Å². The van der Waals surface area contributed by atoms with Gasteiger partial charge in [0.05, 0.1) is 0 Å². The largest absolute Gasteiger partial charge is 0.297 e. The minimum absolute atomic E-state index is 0. The van der Waals surface area contributed by atoms with Crippen LogP contribution in [-0.2, 0) is 32.7 Å². The van der Waals surface area contributed by atoms with Crippen LogP contribution in [0, 0.1) is 13.0 Å². The van der Waals surface area contributed by atoms with Gasteiger partial charge in [0, 0.05) is 32.7 Å². The molecule has 11 heavy (non-hydrogen) atoms. The summed E-state index contributed by atoms with van der Waals surface area (Å²) in [4.78, 5) is 10.9. The van der Waals surface area contributed by atoms with Crippen molar-refractivity contribution in [1.29, 1.82) is 0 Å². The maximum atomic E-state index is 10.9. The average Bonchev–Trinajstić information content (AvgIpc) is 1.88. The van der Waals surface area contributed by atoms with Gasteiger partial charge in [0.25, 0.3) is 0 Å². The molecule has 0 spiro atoms. The number of carbonyl (C=O) groups excluding carboxylic acids is 1. The first-order valence-corrected chi connectivity index (χ1v) is 3.19. The van der Waals surface area contributed by atoms with Crippen molar-refractivity contribution in [1.82, 2.24) is 0 Å². The number of aryl methyl sites for hydroxylation is 1. The normalized spacial score (nSPS) is 8.55. The zero-order valence-corrected chi connectivity index (χ0v) is 9.56. The average molecular weight is 222 g/mol. The summed E-state index contributed by atoms with van der Waals surface area (Å²) in [6, 6.07) is 8.26. The van der Waals surface area contributed by atoms with Gasteiger partial charge in [0.15, 0.2) is 0 Å². The van der Waals surface area contributed by atoms with Gasteiger partial charge in [-0.2, -0.15) is 24.3 Å². The summed E-state index contributed by atoms with van der Waals surface area (Å²) in [6.07, 6.45) is 0. The first-order chi connectivity index (χ1) is 4.72. The smallest absolute Gasteiger partial charge is 0.136 e. The zero-order chi connectivity index (χ0) is 7.56. The van der Waals surface area contributed by atoms with Crippen molar-refractivity contribution < 1.29 is 37.5 Å². The monoisotopic (exact) mass is 222 g/mol. The second-order valence-corrected chi connectivity index (χ2v) is 2.30. The molecule has 0 saturated carbocycles. The summed E-state index contributed by atoms with van der Waals surface area (Å²) >= 11 is 0. The molecular weight excluding hydrogens is 213 g/mol. The molecule has 0 aliphatic rings. The Morgan fingerprint density at radius 2 is 2.18 bits per heavy atom. The predicted molar refractivity (Wildman–Crippen MR) is 40.0 cm³/mol. The molecule has 1 aromatic carbocycles. The first-order valence-electron chi connectivity index (χ1n) is 3.19. The second kappa shape index (κ2) is 4.79. The molecule has 0 unspecified atom stereocenters. The second-order valence-electron chi connectivity index (χ2n) is 2.30. The Bertz CT molecular complexity index is 255. The van der Waals surface area contributed by atoms with Gasteiger partial charge in [-0.15, -0.1) is 5.56 Å². The summed E-state index contributed by atoms with van der Waals surface area (Å²) in [5.41, 5.74) is 1.79. The Kier molecular flexibility index (Phi) is 4.79. The van der Waals surface area contributed by atoms with Gasteiger partial charge in [-0.05, 0) is 6.92 Å². The van der Waals surface area contributed by atoms with E-state index in [1.807, 2.05) is 13.0 Å². The van der Waals surface area contributed by atoms with Gasteiger partial charge in [-0.1, -0.05) is 12.5 Å². The molecule has 1 radical (unpaired) electrons. The van der Waals surface area contributed by atoms with Crippen LogP contribution in [0.1, 0.15) is 22.8 Å². The van der Waals surface area contributed by atoms with E-state index < -0.39 is 0 Å². The van der Waals surface area contributed by atoms with E-state index >= 15 is 0 Å². The van der Waals surface area contributed by atoms with E-state index in [-0.39, 0.29) is 38.5 Å². The third kappa shape index (κ3) is 2.84. The Morgan fingerprint density at radius 1 is 1.55 bits per heavy atom. The van der Waals surface area contributed by atoms with Crippen LogP contribution < -0.4 is 0 Å². The van der Waals surface area contributed by atoms with Gasteiger partial charge in [-0.3, -0.25) is 4.79 Å². The topological polar surface area (TPSA) is 17.1 Å². The number of hydrogen-bond acceptors (Lipinski definition) is 1. The van der Waals surface area contributed by atoms with Gasteiger partial charge in [-0.25, -0.2) is 0 Å². The van der Waals surface area contributed by atoms with E-state index in [0.717, 1.165) is 11.1 Å². The van der Waals surface area contributed by atoms with Crippen LogP contribution in [0.25, 0.3) is 0 Å². The third-order valence-corrected chi connectivity index (χ3v) is 1.45. The molecule has 0 aliphatic carbocycles. The van der Waals surface area contributed by atoms with Crippen molar-refractivity contribution in [3.8, 4) is 0 Å². The van der Waals surface area contributed by atoms with Gasteiger partial charge in [0.2, 0.25) is 0 Å². The summed E-state index contributed by atoms with van der Waals surface area (Å²) in [5.74, 6) is 0.117. The van der Waals surface area contributed by atoms with Crippen LogP contribution in [0.3, 0.4) is 0 Å². The standard InChI is InChI=1S/C9H9O.Y/c1-7-5-3-4-6-9(7)8(2)10;/h4-6H,1-2H3;/q-1;. The molecule has 55 valence electrons. The number of ketones is 1. The molecule has 1 aromatic rings. The fraction of sp³-hybridized carbons (Fsp3) is 0.222. The molecule has 0 aromatic heterocycles. The molecule has 0 bridgehead atoms. The maximum absolute atomic E-state index is 10.9. The van der Waals surface area contributed by atoms with Crippen molar-refractivity contribution in [2.45, 2.75) is 13.8 Å². The molecule has 0 atom stereocenters. The molecular formula is C9H9OY-. The van der Waals surface area contributed by atoms with Crippen LogP contribution >= 0.6 is 0 Å². The fourth-order valence-electron chi connectivity index (χ4n) is 0.909. The summed E-state index contributed by atoms with van der Waals surface area (Å²) in [6.45, 7) is 3.48. The summed E-state index contributed by atoms with van der Waals surface area (Å²) in [5, 5.41) is 0. The van der Waals surface area contributed by atoms with Crippen LogP contribution in [0.5, 0.6) is 0 Å². The quantitative estimate of drug-likeness (QED) is 0.524. The van der Waals surface area contributed by atoms with Gasteiger partial charge in [0.1, 0.15) is 5.78 Å². The maximum Gasteiger partial charge on any atom is 0.136 e. The Balaban J connectivity index is 0.000001000. The fourth-order valence-corrected chi connectivity index (χ4v) is 0.909. The summed E-state index contributed by atoms with van der Waals surface area (Å²) < 4.78 is 0. The molecule has 0 N–H and O–H groups in total. The van der Waals surface area contributed by atoms with E-state index in [9.17, 15) is 4.79 Å². The van der Waals surface area contributed by atoms with Crippen molar-refractivity contribution in [3.63, 3.8) is 0 Å². The van der Waals surface area contributed by atoms with E-state index in [1.165, 1.54) is 0 Å². The van der Waals surface area contributed by atoms with Crippen LogP contribution in [0.15, 0.2) is 18.2 Å². The van der Waals surface area contributed by atoms with Gasteiger partial charge < -0.3 is 0 Å². The minimum Gasteiger partial charge on any atom is -0.297 e. The number of carbonyl (C=O) groups is 1. The molecule has 1 rings (SSSR count). The number of Topliss-reactive ketones (excluding diaryl/α,β-unsaturated/α-hetero) is 1. The first kappa shape index (κ1) is 11.0.